The zero-order valence-corrected chi connectivity index (χ0v) is 14.7. The molecule has 0 spiro atoms. The van der Waals surface area contributed by atoms with Gasteiger partial charge in [0.25, 0.3) is 0 Å². The monoisotopic (exact) mass is 328 g/mol. The summed E-state index contributed by atoms with van der Waals surface area (Å²) in [6.07, 6.45) is 0.410. The maximum Gasteiger partial charge on any atom is 0.180 e. The van der Waals surface area contributed by atoms with E-state index < -0.39 is 27.3 Å². The second-order valence-electron chi connectivity index (χ2n) is 6.22. The van der Waals surface area contributed by atoms with E-state index in [1.54, 1.807) is 38.1 Å². The fourth-order valence-corrected chi connectivity index (χ4v) is 3.46. The molecule has 126 valence electrons. The van der Waals surface area contributed by atoms with Gasteiger partial charge in [-0.25, -0.2) is 8.42 Å². The lowest BCUT2D eigenvalue weighted by Gasteiger charge is -2.21. The van der Waals surface area contributed by atoms with Gasteiger partial charge in [-0.2, -0.15) is 0 Å². The van der Waals surface area contributed by atoms with Crippen LogP contribution >= 0.6 is 0 Å². The maximum absolute atomic E-state index is 12.1. The molecule has 0 bridgehead atoms. The first-order valence-corrected chi connectivity index (χ1v) is 9.44. The highest BCUT2D eigenvalue weighted by atomic mass is 32.2. The van der Waals surface area contributed by atoms with Crippen molar-refractivity contribution in [1.29, 1.82) is 0 Å². The van der Waals surface area contributed by atoms with Crippen molar-refractivity contribution in [2.45, 2.75) is 75.2 Å². The van der Waals surface area contributed by atoms with E-state index in [1.165, 1.54) is 0 Å². The van der Waals surface area contributed by atoms with Crippen LogP contribution in [-0.4, -0.2) is 36.1 Å². The topological polar surface area (TPSA) is 74.6 Å². The van der Waals surface area contributed by atoms with E-state index in [2.05, 4.69) is 0 Å². The van der Waals surface area contributed by atoms with Gasteiger partial charge >= 0.3 is 0 Å². The third-order valence-corrected chi connectivity index (χ3v) is 6.19. The Labute approximate surface area is 134 Å². The van der Waals surface area contributed by atoms with Crippen molar-refractivity contribution in [2.75, 3.05) is 0 Å². The molecular weight excluding hydrogens is 300 g/mol. The fourth-order valence-electron chi connectivity index (χ4n) is 2.40. The van der Waals surface area contributed by atoms with E-state index in [1.807, 2.05) is 13.8 Å². The fraction of sp³-hybridized carbons (Fsp3) is 0.647. The van der Waals surface area contributed by atoms with Crippen LogP contribution < -0.4 is 0 Å². The van der Waals surface area contributed by atoms with Crippen LogP contribution in [0.15, 0.2) is 29.2 Å². The van der Waals surface area contributed by atoms with E-state index in [9.17, 15) is 18.6 Å². The van der Waals surface area contributed by atoms with Crippen LogP contribution in [0.4, 0.5) is 0 Å². The van der Waals surface area contributed by atoms with Crippen molar-refractivity contribution in [3.8, 4) is 0 Å². The average Bonchev–Trinajstić information content (AvgIpc) is 2.47. The molecule has 1 aromatic carbocycles. The lowest BCUT2D eigenvalue weighted by atomic mass is 9.92. The molecule has 1 rings (SSSR count). The highest BCUT2D eigenvalue weighted by Crippen LogP contribution is 2.25. The summed E-state index contributed by atoms with van der Waals surface area (Å²) in [5.41, 5.74) is 0.963. The zero-order valence-electron chi connectivity index (χ0n) is 13.9. The SMILES string of the molecule is CCCC(O)C(O)CC(C)c1ccc(S(=O)(=O)C(C)C)cc1. The molecule has 4 nitrogen and oxygen atoms in total. The summed E-state index contributed by atoms with van der Waals surface area (Å²) in [5.74, 6) is 0.0531. The van der Waals surface area contributed by atoms with Crippen LogP contribution in [0.3, 0.4) is 0 Å². The lowest BCUT2D eigenvalue weighted by Crippen LogP contribution is -2.27. The van der Waals surface area contributed by atoms with Gasteiger partial charge in [-0.05, 0) is 50.3 Å². The largest absolute Gasteiger partial charge is 0.390 e. The summed E-state index contributed by atoms with van der Waals surface area (Å²) in [6.45, 7) is 7.26. The normalized spacial score (nSPS) is 16.5. The smallest absolute Gasteiger partial charge is 0.180 e. The Morgan fingerprint density at radius 1 is 1.00 bits per heavy atom. The molecule has 3 atom stereocenters. The summed E-state index contributed by atoms with van der Waals surface area (Å²) in [4.78, 5) is 0.324. The number of hydrogen-bond acceptors (Lipinski definition) is 4. The summed E-state index contributed by atoms with van der Waals surface area (Å²) in [6, 6.07) is 6.82. The van der Waals surface area contributed by atoms with E-state index in [0.29, 0.717) is 17.7 Å². The predicted molar refractivity (Wildman–Crippen MR) is 88.7 cm³/mol. The molecule has 0 amide bonds. The minimum Gasteiger partial charge on any atom is -0.390 e. The molecule has 2 N–H and O–H groups in total. The standard InChI is InChI=1S/C17H28O4S/c1-5-6-16(18)17(19)11-13(4)14-7-9-15(10-8-14)22(20,21)12(2)3/h7-10,12-13,16-19H,5-6,11H2,1-4H3. The van der Waals surface area contributed by atoms with Gasteiger partial charge in [-0.3, -0.25) is 0 Å². The number of aliphatic hydroxyl groups is 2. The van der Waals surface area contributed by atoms with Gasteiger partial charge in [0.2, 0.25) is 0 Å². The molecule has 0 fully saturated rings. The molecule has 0 heterocycles. The molecule has 0 aliphatic rings. The molecule has 1 aromatic rings. The van der Waals surface area contributed by atoms with Crippen molar-refractivity contribution in [3.05, 3.63) is 29.8 Å². The molecule has 0 aliphatic carbocycles. The van der Waals surface area contributed by atoms with E-state index in [-0.39, 0.29) is 5.92 Å². The highest BCUT2D eigenvalue weighted by molar-refractivity contribution is 7.92. The van der Waals surface area contributed by atoms with Crippen LogP contribution in [-0.2, 0) is 9.84 Å². The summed E-state index contributed by atoms with van der Waals surface area (Å²) >= 11 is 0. The van der Waals surface area contributed by atoms with Crippen LogP contribution in [0.5, 0.6) is 0 Å². The number of hydrogen-bond donors (Lipinski definition) is 2. The van der Waals surface area contributed by atoms with E-state index in [0.717, 1.165) is 12.0 Å². The first-order chi connectivity index (χ1) is 10.2. The summed E-state index contributed by atoms with van der Waals surface area (Å²) in [7, 11) is -3.25. The Hall–Kier alpha value is -0.910. The van der Waals surface area contributed by atoms with Crippen molar-refractivity contribution in [1.82, 2.24) is 0 Å². The molecule has 5 heteroatoms. The maximum atomic E-state index is 12.1. The minimum absolute atomic E-state index is 0.0531. The molecule has 0 radical (unpaired) electrons. The second kappa shape index (κ2) is 8.09. The Balaban J connectivity index is 2.78. The molecule has 0 aromatic heterocycles. The number of aliphatic hydroxyl groups excluding tert-OH is 2. The van der Waals surface area contributed by atoms with Gasteiger partial charge in [0.05, 0.1) is 22.4 Å². The first kappa shape index (κ1) is 19.1. The quantitative estimate of drug-likeness (QED) is 0.769. The second-order valence-corrected chi connectivity index (χ2v) is 8.73. The van der Waals surface area contributed by atoms with Crippen molar-refractivity contribution >= 4 is 9.84 Å². The van der Waals surface area contributed by atoms with Crippen LogP contribution in [0.1, 0.15) is 58.4 Å². The zero-order chi connectivity index (χ0) is 16.9. The average molecular weight is 328 g/mol. The van der Waals surface area contributed by atoms with Gasteiger partial charge in [0.15, 0.2) is 9.84 Å². The third kappa shape index (κ3) is 4.80. The summed E-state index contributed by atoms with van der Waals surface area (Å²) < 4.78 is 24.2. The van der Waals surface area contributed by atoms with Crippen LogP contribution in [0, 0.1) is 0 Å². The van der Waals surface area contributed by atoms with E-state index >= 15 is 0 Å². The van der Waals surface area contributed by atoms with Gasteiger partial charge in [0, 0.05) is 0 Å². The van der Waals surface area contributed by atoms with Gasteiger partial charge in [-0.15, -0.1) is 0 Å². The molecule has 0 saturated carbocycles. The molecule has 3 unspecified atom stereocenters. The molecule has 0 saturated heterocycles. The van der Waals surface area contributed by atoms with Crippen molar-refractivity contribution < 1.29 is 18.6 Å². The first-order valence-electron chi connectivity index (χ1n) is 7.90. The molecule has 0 aliphatic heterocycles. The van der Waals surface area contributed by atoms with E-state index in [4.69, 9.17) is 0 Å². The predicted octanol–water partition coefficient (Wildman–Crippen LogP) is 2.88. The number of rotatable bonds is 8. The van der Waals surface area contributed by atoms with Gasteiger partial charge in [0.1, 0.15) is 0 Å². The third-order valence-electron chi connectivity index (χ3n) is 4.02. The van der Waals surface area contributed by atoms with Crippen LogP contribution in [0.2, 0.25) is 0 Å². The molecule has 22 heavy (non-hydrogen) atoms. The van der Waals surface area contributed by atoms with Crippen LogP contribution in [0.25, 0.3) is 0 Å². The van der Waals surface area contributed by atoms with Crippen molar-refractivity contribution in [2.24, 2.45) is 0 Å². The van der Waals surface area contributed by atoms with Gasteiger partial charge < -0.3 is 10.2 Å². The minimum atomic E-state index is -3.25. The molecular formula is C17H28O4S. The number of benzene rings is 1. The Morgan fingerprint density at radius 3 is 2.00 bits per heavy atom. The van der Waals surface area contributed by atoms with Gasteiger partial charge in [-0.1, -0.05) is 32.4 Å². The Bertz CT molecular complexity index is 549. The number of sulfone groups is 1. The Kier molecular flexibility index (Phi) is 7.03. The summed E-state index contributed by atoms with van der Waals surface area (Å²) in [5, 5.41) is 19.3. The Morgan fingerprint density at radius 2 is 1.55 bits per heavy atom. The lowest BCUT2D eigenvalue weighted by molar-refractivity contribution is 0.00637. The van der Waals surface area contributed by atoms with Crippen molar-refractivity contribution in [3.63, 3.8) is 0 Å². The highest BCUT2D eigenvalue weighted by Gasteiger charge is 2.21.